The zero-order chi connectivity index (χ0) is 32.9. The van der Waals surface area contributed by atoms with Crippen molar-refractivity contribution in [2.45, 2.75) is 51.3 Å². The van der Waals surface area contributed by atoms with Gasteiger partial charge in [-0.05, 0) is 61.4 Å². The van der Waals surface area contributed by atoms with Crippen molar-refractivity contribution in [2.75, 3.05) is 11.9 Å². The van der Waals surface area contributed by atoms with Gasteiger partial charge in [-0.15, -0.1) is 0 Å². The average molecular weight is 627 g/mol. The molecule has 0 saturated carbocycles. The van der Waals surface area contributed by atoms with Crippen molar-refractivity contribution in [1.82, 2.24) is 10.6 Å². The SMILES string of the molecule is Cc1cc(=O)oc2cc(NC(=O)[C@H](CCc3ccccc3)NC(=O)[C@H](CCCN=C(N)N)NC(=O)OCc3ccccc3)ccc12. The van der Waals surface area contributed by atoms with E-state index in [9.17, 15) is 19.2 Å². The number of aliphatic imine (C=N–C) groups is 1. The molecular weight excluding hydrogens is 588 g/mol. The second-order valence-corrected chi connectivity index (χ2v) is 10.7. The fraction of sp³-hybridized carbons (Fsp3) is 0.265. The number of hydrogen-bond donors (Lipinski definition) is 5. The van der Waals surface area contributed by atoms with Crippen molar-refractivity contribution in [3.05, 3.63) is 112 Å². The molecule has 46 heavy (non-hydrogen) atoms. The Labute approximate surface area is 266 Å². The highest BCUT2D eigenvalue weighted by Gasteiger charge is 2.27. The van der Waals surface area contributed by atoms with Crippen LogP contribution in [0.2, 0.25) is 0 Å². The second kappa shape index (κ2) is 16.4. The molecule has 3 aromatic carbocycles. The van der Waals surface area contributed by atoms with Crippen LogP contribution in [0.25, 0.3) is 11.0 Å². The molecule has 7 N–H and O–H groups in total. The van der Waals surface area contributed by atoms with Crippen LogP contribution in [0.15, 0.2) is 99.1 Å². The number of ether oxygens (including phenoxy) is 1. The number of nitrogens with one attached hydrogen (secondary N) is 3. The maximum absolute atomic E-state index is 13.6. The number of nitrogens with zero attached hydrogens (tertiary/aromatic N) is 1. The summed E-state index contributed by atoms with van der Waals surface area (Å²) in [5.41, 5.74) is 13.6. The number of alkyl carbamates (subject to hydrolysis) is 1. The smallest absolute Gasteiger partial charge is 0.408 e. The average Bonchev–Trinajstić information content (AvgIpc) is 3.04. The molecular formula is C34H38N6O6. The van der Waals surface area contributed by atoms with Crippen LogP contribution in [0.4, 0.5) is 10.5 Å². The molecule has 0 bridgehead atoms. The van der Waals surface area contributed by atoms with E-state index in [0.717, 1.165) is 22.1 Å². The van der Waals surface area contributed by atoms with Gasteiger partial charge in [0.15, 0.2) is 5.96 Å². The van der Waals surface area contributed by atoms with Crippen molar-refractivity contribution in [3.63, 3.8) is 0 Å². The van der Waals surface area contributed by atoms with Crippen LogP contribution < -0.4 is 33.0 Å². The van der Waals surface area contributed by atoms with Gasteiger partial charge < -0.3 is 36.6 Å². The van der Waals surface area contributed by atoms with Crippen LogP contribution >= 0.6 is 0 Å². The van der Waals surface area contributed by atoms with E-state index in [-0.39, 0.29) is 32.0 Å². The van der Waals surface area contributed by atoms with Crippen LogP contribution in [-0.4, -0.2) is 42.5 Å². The van der Waals surface area contributed by atoms with Gasteiger partial charge in [0.05, 0.1) is 0 Å². The first kappa shape index (κ1) is 33.2. The van der Waals surface area contributed by atoms with Gasteiger partial charge in [0, 0.05) is 29.8 Å². The standard InChI is InChI=1S/C34H38N6O6/c1-22-19-30(41)46-29-20-25(15-16-26(22)29)38-31(42)28(17-14-23-9-4-2-5-10-23)39-32(43)27(13-8-18-37-33(35)36)40-34(44)45-21-24-11-6-3-7-12-24/h2-7,9-12,15-16,19-20,27-28H,8,13-14,17-18,21H2,1H3,(H,38,42)(H,39,43)(H,40,44)(H4,35,36,37)/t27-,28-/m0/s1. The molecule has 1 aromatic heterocycles. The van der Waals surface area contributed by atoms with Crippen molar-refractivity contribution in [1.29, 1.82) is 0 Å². The molecule has 0 aliphatic carbocycles. The number of carbonyl (C=O) groups is 3. The number of guanidine groups is 1. The Bertz CT molecular complexity index is 1720. The first-order chi connectivity index (χ1) is 22.2. The van der Waals surface area contributed by atoms with Crippen molar-refractivity contribution < 1.29 is 23.5 Å². The number of aryl methyl sites for hydroxylation is 2. The van der Waals surface area contributed by atoms with Crippen molar-refractivity contribution >= 4 is 40.5 Å². The second-order valence-electron chi connectivity index (χ2n) is 10.7. The summed E-state index contributed by atoms with van der Waals surface area (Å²) in [7, 11) is 0. The molecule has 1 heterocycles. The summed E-state index contributed by atoms with van der Waals surface area (Å²) in [6, 6.07) is 23.1. The topological polar surface area (TPSA) is 191 Å². The van der Waals surface area contributed by atoms with Crippen molar-refractivity contribution in [2.24, 2.45) is 16.5 Å². The number of carbonyl (C=O) groups excluding carboxylic acids is 3. The third-order valence-electron chi connectivity index (χ3n) is 7.18. The molecule has 0 fully saturated rings. The van der Waals surface area contributed by atoms with E-state index in [1.54, 1.807) is 25.1 Å². The summed E-state index contributed by atoms with van der Waals surface area (Å²) < 4.78 is 10.7. The molecule has 12 heteroatoms. The Morgan fingerprint density at radius 3 is 2.22 bits per heavy atom. The highest BCUT2D eigenvalue weighted by Crippen LogP contribution is 2.21. The Balaban J connectivity index is 1.50. The first-order valence-corrected chi connectivity index (χ1v) is 14.9. The highest BCUT2D eigenvalue weighted by atomic mass is 16.5. The van der Waals surface area contributed by atoms with Gasteiger partial charge in [0.1, 0.15) is 24.3 Å². The molecule has 4 aromatic rings. The zero-order valence-corrected chi connectivity index (χ0v) is 25.5. The third kappa shape index (κ3) is 10.2. The Kier molecular flexibility index (Phi) is 11.9. The van der Waals surface area contributed by atoms with Crippen LogP contribution in [0.1, 0.15) is 36.0 Å². The van der Waals surface area contributed by atoms with E-state index in [1.165, 1.54) is 6.07 Å². The van der Waals surface area contributed by atoms with E-state index in [1.807, 2.05) is 60.7 Å². The molecule has 240 valence electrons. The Morgan fingerprint density at radius 2 is 1.52 bits per heavy atom. The van der Waals surface area contributed by atoms with Crippen LogP contribution in [0.3, 0.4) is 0 Å². The lowest BCUT2D eigenvalue weighted by atomic mass is 10.0. The van der Waals surface area contributed by atoms with Gasteiger partial charge in [-0.2, -0.15) is 0 Å². The number of hydrogen-bond acceptors (Lipinski definition) is 7. The summed E-state index contributed by atoms with van der Waals surface area (Å²) >= 11 is 0. The van der Waals surface area contributed by atoms with E-state index in [0.29, 0.717) is 24.1 Å². The van der Waals surface area contributed by atoms with E-state index in [4.69, 9.17) is 20.6 Å². The largest absolute Gasteiger partial charge is 0.445 e. The molecule has 0 unspecified atom stereocenters. The molecule has 4 rings (SSSR count). The molecule has 0 saturated heterocycles. The minimum absolute atomic E-state index is 0.0164. The van der Waals surface area contributed by atoms with Crippen molar-refractivity contribution in [3.8, 4) is 0 Å². The lowest BCUT2D eigenvalue weighted by Crippen LogP contribution is -2.52. The minimum Gasteiger partial charge on any atom is -0.445 e. The molecule has 3 amide bonds. The van der Waals surface area contributed by atoms with Crippen LogP contribution in [0.5, 0.6) is 0 Å². The first-order valence-electron chi connectivity index (χ1n) is 14.9. The monoisotopic (exact) mass is 626 g/mol. The van der Waals surface area contributed by atoms with Crippen LogP contribution in [-0.2, 0) is 27.4 Å². The quantitative estimate of drug-likeness (QED) is 0.0608. The highest BCUT2D eigenvalue weighted by molar-refractivity contribution is 5.99. The predicted molar refractivity (Wildman–Crippen MR) is 176 cm³/mol. The number of anilines is 1. The summed E-state index contributed by atoms with van der Waals surface area (Å²) in [6.07, 6.45) is 0.524. The molecule has 0 radical (unpaired) electrons. The fourth-order valence-electron chi connectivity index (χ4n) is 4.81. The van der Waals surface area contributed by atoms with E-state index in [2.05, 4.69) is 20.9 Å². The van der Waals surface area contributed by atoms with Gasteiger partial charge >= 0.3 is 11.7 Å². The lowest BCUT2D eigenvalue weighted by Gasteiger charge is -2.23. The summed E-state index contributed by atoms with van der Waals surface area (Å²) in [5, 5.41) is 8.99. The third-order valence-corrected chi connectivity index (χ3v) is 7.18. The lowest BCUT2D eigenvalue weighted by molar-refractivity contribution is -0.128. The molecule has 0 spiro atoms. The Morgan fingerprint density at radius 1 is 0.848 bits per heavy atom. The van der Waals surface area contributed by atoms with Gasteiger partial charge in [0.2, 0.25) is 11.8 Å². The molecule has 12 nitrogen and oxygen atoms in total. The number of benzene rings is 3. The van der Waals surface area contributed by atoms with E-state index < -0.39 is 35.6 Å². The summed E-state index contributed by atoms with van der Waals surface area (Å²) in [4.78, 5) is 55.8. The number of amides is 3. The number of nitrogens with two attached hydrogens (primary N) is 2. The minimum atomic E-state index is -1.04. The fourth-order valence-corrected chi connectivity index (χ4v) is 4.81. The van der Waals surface area contributed by atoms with Crippen LogP contribution in [0, 0.1) is 6.92 Å². The molecule has 2 atom stereocenters. The summed E-state index contributed by atoms with van der Waals surface area (Å²) in [6.45, 7) is 2.05. The van der Waals surface area contributed by atoms with E-state index >= 15 is 0 Å². The molecule has 0 aliphatic rings. The van der Waals surface area contributed by atoms with Gasteiger partial charge in [0.25, 0.3) is 0 Å². The predicted octanol–water partition coefficient (Wildman–Crippen LogP) is 3.51. The maximum atomic E-state index is 13.6. The summed E-state index contributed by atoms with van der Waals surface area (Å²) in [5.74, 6) is -1.14. The number of fused-ring (bicyclic) bond motifs is 1. The molecule has 0 aliphatic heterocycles. The van der Waals surface area contributed by atoms with Gasteiger partial charge in [-0.1, -0.05) is 60.7 Å². The zero-order valence-electron chi connectivity index (χ0n) is 25.5. The normalized spacial score (nSPS) is 12.0. The van der Waals surface area contributed by atoms with Gasteiger partial charge in [-0.25, -0.2) is 9.59 Å². The Hall–Kier alpha value is -5.65. The van der Waals surface area contributed by atoms with Gasteiger partial charge in [-0.3, -0.25) is 14.6 Å². The maximum Gasteiger partial charge on any atom is 0.408 e. The number of rotatable bonds is 14.